The van der Waals surface area contributed by atoms with Crippen molar-refractivity contribution >= 4 is 44.8 Å². The summed E-state index contributed by atoms with van der Waals surface area (Å²) >= 11 is 12.4. The normalized spacial score (nSPS) is 12.7. The molecule has 0 fully saturated rings. The summed E-state index contributed by atoms with van der Waals surface area (Å²) in [6.07, 6.45) is 0. The number of carbonyl (C=O) groups excluding carboxylic acids is 1. The van der Waals surface area contributed by atoms with Crippen LogP contribution in [0, 0.1) is 12.8 Å². The van der Waals surface area contributed by atoms with Crippen molar-refractivity contribution in [2.24, 2.45) is 5.92 Å². The molecule has 0 aliphatic carbocycles. The molecule has 1 N–H and O–H groups in total. The van der Waals surface area contributed by atoms with Gasteiger partial charge in [0.25, 0.3) is 10.0 Å². The number of hydrogen-bond donors (Lipinski definition) is 1. The summed E-state index contributed by atoms with van der Waals surface area (Å²) in [5.41, 5.74) is 1.08. The molecule has 0 heterocycles. The summed E-state index contributed by atoms with van der Waals surface area (Å²) in [4.78, 5) is 12.6. The van der Waals surface area contributed by atoms with E-state index in [0.29, 0.717) is 0 Å². The number of anilines is 1. The molecular formula is C20H24Cl2N2O3S. The van der Waals surface area contributed by atoms with Gasteiger partial charge in [0.2, 0.25) is 5.91 Å². The van der Waals surface area contributed by atoms with Crippen LogP contribution in [0.2, 0.25) is 10.0 Å². The molecule has 0 aliphatic heterocycles. The molecule has 0 spiro atoms. The predicted octanol–water partition coefficient (Wildman–Crippen LogP) is 4.66. The first kappa shape index (κ1) is 22.5. The van der Waals surface area contributed by atoms with Gasteiger partial charge in [-0.1, -0.05) is 60.8 Å². The number of carbonyl (C=O) groups is 1. The van der Waals surface area contributed by atoms with Gasteiger partial charge in [0.05, 0.1) is 20.6 Å². The van der Waals surface area contributed by atoms with Crippen molar-refractivity contribution in [2.45, 2.75) is 38.6 Å². The Kier molecular flexibility index (Phi) is 7.37. The molecule has 0 saturated heterocycles. The van der Waals surface area contributed by atoms with Crippen molar-refractivity contribution in [1.82, 2.24) is 5.32 Å². The van der Waals surface area contributed by atoms with E-state index in [4.69, 9.17) is 23.2 Å². The Morgan fingerprint density at radius 2 is 1.68 bits per heavy atom. The lowest BCUT2D eigenvalue weighted by atomic mass is 10.1. The first-order valence-corrected chi connectivity index (χ1v) is 11.1. The van der Waals surface area contributed by atoms with Gasteiger partial charge in [-0.05, 0) is 44.0 Å². The molecule has 0 radical (unpaired) electrons. The lowest BCUT2D eigenvalue weighted by Gasteiger charge is -2.26. The Hall–Kier alpha value is -1.76. The summed E-state index contributed by atoms with van der Waals surface area (Å²) in [5.74, 6) is -0.214. The van der Waals surface area contributed by atoms with Gasteiger partial charge in [-0.3, -0.25) is 9.10 Å². The Balaban J connectivity index is 2.48. The molecule has 0 aromatic heterocycles. The van der Waals surface area contributed by atoms with E-state index in [1.54, 1.807) is 24.3 Å². The van der Waals surface area contributed by atoms with Gasteiger partial charge in [-0.15, -0.1) is 0 Å². The van der Waals surface area contributed by atoms with Crippen LogP contribution in [0.5, 0.6) is 0 Å². The first-order chi connectivity index (χ1) is 13.0. The Morgan fingerprint density at radius 3 is 2.25 bits per heavy atom. The van der Waals surface area contributed by atoms with Gasteiger partial charge in [0, 0.05) is 6.04 Å². The molecular weight excluding hydrogens is 419 g/mol. The highest BCUT2D eigenvalue weighted by molar-refractivity contribution is 7.92. The SMILES string of the molecule is Cc1ccc(S(=O)(=O)N(CC(=O)NC(C)C(C)C)c2cccc(Cl)c2Cl)cc1. The van der Waals surface area contributed by atoms with Crippen LogP contribution >= 0.6 is 23.2 Å². The number of nitrogens with zero attached hydrogens (tertiary/aromatic N) is 1. The maximum absolute atomic E-state index is 13.3. The summed E-state index contributed by atoms with van der Waals surface area (Å²) in [6, 6.07) is 11.0. The Morgan fingerprint density at radius 1 is 1.07 bits per heavy atom. The lowest BCUT2D eigenvalue weighted by Crippen LogP contribution is -2.45. The van der Waals surface area contributed by atoms with Crippen LogP contribution in [0.1, 0.15) is 26.3 Å². The lowest BCUT2D eigenvalue weighted by molar-refractivity contribution is -0.120. The molecule has 1 unspecified atom stereocenters. The number of rotatable bonds is 7. The summed E-state index contributed by atoms with van der Waals surface area (Å²) in [5, 5.41) is 3.11. The number of hydrogen-bond acceptors (Lipinski definition) is 3. The van der Waals surface area contributed by atoms with E-state index in [0.717, 1.165) is 9.87 Å². The van der Waals surface area contributed by atoms with E-state index in [-0.39, 0.29) is 32.6 Å². The molecule has 1 atom stereocenters. The van der Waals surface area contributed by atoms with E-state index < -0.39 is 22.5 Å². The second-order valence-electron chi connectivity index (χ2n) is 7.00. The van der Waals surface area contributed by atoms with E-state index in [1.807, 2.05) is 27.7 Å². The summed E-state index contributed by atoms with van der Waals surface area (Å²) < 4.78 is 27.6. The van der Waals surface area contributed by atoms with Crippen LogP contribution in [-0.4, -0.2) is 26.9 Å². The highest BCUT2D eigenvalue weighted by Gasteiger charge is 2.29. The molecule has 8 heteroatoms. The third-order valence-corrected chi connectivity index (χ3v) is 7.07. The minimum atomic E-state index is -4.03. The fourth-order valence-corrected chi connectivity index (χ4v) is 4.30. The van der Waals surface area contributed by atoms with Gasteiger partial charge in [-0.25, -0.2) is 8.42 Å². The molecule has 5 nitrogen and oxygen atoms in total. The van der Waals surface area contributed by atoms with Gasteiger partial charge in [-0.2, -0.15) is 0 Å². The molecule has 2 rings (SSSR count). The molecule has 1 amide bonds. The van der Waals surface area contributed by atoms with Crippen molar-refractivity contribution in [3.8, 4) is 0 Å². The quantitative estimate of drug-likeness (QED) is 0.677. The molecule has 0 bridgehead atoms. The molecule has 0 saturated carbocycles. The number of benzene rings is 2. The zero-order valence-electron chi connectivity index (χ0n) is 16.2. The fraction of sp³-hybridized carbons (Fsp3) is 0.350. The van der Waals surface area contributed by atoms with Crippen molar-refractivity contribution < 1.29 is 13.2 Å². The molecule has 152 valence electrons. The Labute approximate surface area is 176 Å². The van der Waals surface area contributed by atoms with Crippen molar-refractivity contribution in [3.05, 3.63) is 58.1 Å². The van der Waals surface area contributed by atoms with E-state index in [1.165, 1.54) is 18.2 Å². The van der Waals surface area contributed by atoms with Crippen molar-refractivity contribution in [3.63, 3.8) is 0 Å². The number of halogens is 2. The van der Waals surface area contributed by atoms with Crippen LogP contribution < -0.4 is 9.62 Å². The summed E-state index contributed by atoms with van der Waals surface area (Å²) in [7, 11) is -4.03. The number of amides is 1. The second kappa shape index (κ2) is 9.16. The molecule has 0 aliphatic rings. The van der Waals surface area contributed by atoms with Crippen molar-refractivity contribution in [1.29, 1.82) is 0 Å². The smallest absolute Gasteiger partial charge is 0.264 e. The maximum Gasteiger partial charge on any atom is 0.264 e. The van der Waals surface area contributed by atoms with Crippen LogP contribution in [-0.2, 0) is 14.8 Å². The standard InChI is InChI=1S/C20H24Cl2N2O3S/c1-13(2)15(4)23-19(25)12-24(18-7-5-6-17(21)20(18)22)28(26,27)16-10-8-14(3)9-11-16/h5-11,13,15H,12H2,1-4H3,(H,23,25). The van der Waals surface area contributed by atoms with E-state index in [9.17, 15) is 13.2 Å². The minimum Gasteiger partial charge on any atom is -0.352 e. The van der Waals surface area contributed by atoms with Crippen LogP contribution in [0.25, 0.3) is 0 Å². The maximum atomic E-state index is 13.3. The summed E-state index contributed by atoms with van der Waals surface area (Å²) in [6.45, 7) is 7.27. The minimum absolute atomic E-state index is 0.0684. The number of sulfonamides is 1. The monoisotopic (exact) mass is 442 g/mol. The highest BCUT2D eigenvalue weighted by Crippen LogP contribution is 2.35. The number of aryl methyl sites for hydroxylation is 1. The van der Waals surface area contributed by atoms with Gasteiger partial charge < -0.3 is 5.32 Å². The third-order valence-electron chi connectivity index (χ3n) is 4.48. The second-order valence-corrected chi connectivity index (χ2v) is 9.65. The average molecular weight is 443 g/mol. The van der Waals surface area contributed by atoms with Crippen LogP contribution in [0.3, 0.4) is 0 Å². The first-order valence-electron chi connectivity index (χ1n) is 8.86. The van der Waals surface area contributed by atoms with Crippen LogP contribution in [0.4, 0.5) is 5.69 Å². The van der Waals surface area contributed by atoms with E-state index in [2.05, 4.69) is 5.32 Å². The molecule has 2 aromatic rings. The third kappa shape index (κ3) is 5.19. The highest BCUT2D eigenvalue weighted by atomic mass is 35.5. The predicted molar refractivity (Wildman–Crippen MR) is 115 cm³/mol. The van der Waals surface area contributed by atoms with Gasteiger partial charge >= 0.3 is 0 Å². The largest absolute Gasteiger partial charge is 0.352 e. The molecule has 28 heavy (non-hydrogen) atoms. The van der Waals surface area contributed by atoms with Crippen molar-refractivity contribution in [2.75, 3.05) is 10.8 Å². The van der Waals surface area contributed by atoms with Gasteiger partial charge in [0.1, 0.15) is 6.54 Å². The van der Waals surface area contributed by atoms with E-state index >= 15 is 0 Å². The fourth-order valence-electron chi connectivity index (χ4n) is 2.42. The average Bonchev–Trinajstić information content (AvgIpc) is 2.62. The zero-order valence-corrected chi connectivity index (χ0v) is 18.6. The van der Waals surface area contributed by atoms with Gasteiger partial charge in [0.15, 0.2) is 0 Å². The molecule has 2 aromatic carbocycles. The number of nitrogens with one attached hydrogen (secondary N) is 1. The topological polar surface area (TPSA) is 66.5 Å². The Bertz CT molecular complexity index is 944. The zero-order chi connectivity index (χ0) is 21.1. The van der Waals surface area contributed by atoms with Crippen LogP contribution in [0.15, 0.2) is 47.4 Å².